The number of nitrogens with zero attached hydrogens (tertiary/aromatic N) is 2. The molecular formula is C27H48N6O2. The molecule has 0 radical (unpaired) electrons. The minimum atomic E-state index is -0.144. The van der Waals surface area contributed by atoms with Gasteiger partial charge in [0.15, 0.2) is 0 Å². The van der Waals surface area contributed by atoms with Crippen LogP contribution in [0.3, 0.4) is 0 Å². The van der Waals surface area contributed by atoms with Gasteiger partial charge in [0.1, 0.15) is 0 Å². The lowest BCUT2D eigenvalue weighted by atomic mass is 9.69. The van der Waals surface area contributed by atoms with E-state index in [4.69, 9.17) is 0 Å². The summed E-state index contributed by atoms with van der Waals surface area (Å²) in [5, 5.41) is 13.4. The molecule has 3 aliphatic heterocycles. The summed E-state index contributed by atoms with van der Waals surface area (Å²) in [6, 6.07) is -0.144. The molecule has 8 heteroatoms. The molecule has 0 aromatic heterocycles. The van der Waals surface area contributed by atoms with Gasteiger partial charge in [-0.25, -0.2) is 0 Å². The lowest BCUT2D eigenvalue weighted by Crippen LogP contribution is -2.57. The minimum absolute atomic E-state index is 0.0885. The van der Waals surface area contributed by atoms with E-state index in [0.717, 1.165) is 52.2 Å². The van der Waals surface area contributed by atoms with Crippen LogP contribution in [0.5, 0.6) is 0 Å². The van der Waals surface area contributed by atoms with Gasteiger partial charge >= 0.3 is 0 Å². The quantitative estimate of drug-likeness (QED) is 0.402. The van der Waals surface area contributed by atoms with Crippen LogP contribution in [0.4, 0.5) is 0 Å². The molecule has 8 nitrogen and oxygen atoms in total. The minimum Gasteiger partial charge on any atom is -0.354 e. The number of allylic oxidation sites excluding steroid dienone is 1. The molecule has 4 N–H and O–H groups in total. The Bertz CT molecular complexity index is 736. The number of piperazine rings is 2. The third kappa shape index (κ3) is 7.06. The lowest BCUT2D eigenvalue weighted by molar-refractivity contribution is -0.134. The van der Waals surface area contributed by atoms with E-state index in [1.165, 1.54) is 24.8 Å². The van der Waals surface area contributed by atoms with Gasteiger partial charge in [0.05, 0.1) is 12.2 Å². The summed E-state index contributed by atoms with van der Waals surface area (Å²) in [7, 11) is 0. The maximum Gasteiger partial charge on any atom is 0.238 e. The highest BCUT2D eigenvalue weighted by molar-refractivity contribution is 5.82. The number of rotatable bonds is 7. The van der Waals surface area contributed by atoms with Crippen molar-refractivity contribution >= 4 is 11.8 Å². The van der Waals surface area contributed by atoms with E-state index < -0.39 is 0 Å². The van der Waals surface area contributed by atoms with Gasteiger partial charge in [0.2, 0.25) is 11.8 Å². The van der Waals surface area contributed by atoms with Gasteiger partial charge in [0, 0.05) is 58.8 Å². The smallest absolute Gasteiger partial charge is 0.238 e. The largest absolute Gasteiger partial charge is 0.354 e. The van der Waals surface area contributed by atoms with Crippen LogP contribution >= 0.6 is 0 Å². The number of piperidine rings is 1. The summed E-state index contributed by atoms with van der Waals surface area (Å²) in [6.45, 7) is 14.6. The van der Waals surface area contributed by atoms with Gasteiger partial charge in [-0.3, -0.25) is 14.5 Å². The van der Waals surface area contributed by atoms with E-state index in [0.29, 0.717) is 55.3 Å². The van der Waals surface area contributed by atoms with Gasteiger partial charge in [-0.05, 0) is 62.8 Å². The average Bonchev–Trinajstić information content (AvgIpc) is 2.89. The summed E-state index contributed by atoms with van der Waals surface area (Å²) in [4.78, 5) is 30.5. The van der Waals surface area contributed by atoms with Crippen molar-refractivity contribution in [1.29, 1.82) is 0 Å². The fourth-order valence-electron chi connectivity index (χ4n) is 6.46. The standard InChI is InChI=1S/C27H48N6O2/c1-19(2)23-15-21(20(3)14-22(23)17-31-27(35)24-18-28-8-9-29-24)16-26(34)33-12-10-32(11-13-33)25-6-4-5-7-30-25/h14,19,21-25,28-30H,4-13,15-18H2,1-3H3,(H,31,35). The fraction of sp³-hybridized carbons (Fsp3) is 0.852. The first-order valence-electron chi connectivity index (χ1n) is 14.1. The topological polar surface area (TPSA) is 88.7 Å². The number of carbonyl (C=O) groups is 2. The summed E-state index contributed by atoms with van der Waals surface area (Å²) < 4.78 is 0. The molecule has 0 spiro atoms. The van der Waals surface area contributed by atoms with Crippen molar-refractivity contribution in [3.05, 3.63) is 11.6 Å². The maximum absolute atomic E-state index is 13.2. The van der Waals surface area contributed by atoms with E-state index in [1.54, 1.807) is 0 Å². The molecule has 2 amide bonds. The Morgan fingerprint density at radius 3 is 2.54 bits per heavy atom. The Balaban J connectivity index is 1.28. The summed E-state index contributed by atoms with van der Waals surface area (Å²) in [6.07, 6.45) is 8.31. The van der Waals surface area contributed by atoms with Crippen LogP contribution in [0.2, 0.25) is 0 Å². The summed E-state index contributed by atoms with van der Waals surface area (Å²) in [5.41, 5.74) is 1.32. The third-order valence-corrected chi connectivity index (χ3v) is 8.77. The van der Waals surface area contributed by atoms with Crippen LogP contribution in [-0.4, -0.2) is 92.7 Å². The van der Waals surface area contributed by atoms with Crippen LogP contribution in [-0.2, 0) is 9.59 Å². The van der Waals surface area contributed by atoms with Crippen molar-refractivity contribution in [3.63, 3.8) is 0 Å². The van der Waals surface area contributed by atoms with E-state index in [1.807, 2.05) is 0 Å². The van der Waals surface area contributed by atoms with Crippen molar-refractivity contribution in [3.8, 4) is 0 Å². The third-order valence-electron chi connectivity index (χ3n) is 8.77. The van der Waals surface area contributed by atoms with Gasteiger partial charge in [0.25, 0.3) is 0 Å². The molecule has 1 aliphatic carbocycles. The Labute approximate surface area is 212 Å². The molecule has 4 rings (SSSR count). The number of nitrogens with one attached hydrogen (secondary N) is 4. The van der Waals surface area contributed by atoms with E-state index in [9.17, 15) is 9.59 Å². The first-order chi connectivity index (χ1) is 16.9. The zero-order chi connectivity index (χ0) is 24.8. The van der Waals surface area contributed by atoms with Crippen LogP contribution in [0.1, 0.15) is 52.9 Å². The predicted octanol–water partition coefficient (Wildman–Crippen LogP) is 1.15. The molecule has 3 heterocycles. The number of hydrogen-bond acceptors (Lipinski definition) is 6. The molecular weight excluding hydrogens is 440 g/mol. The van der Waals surface area contributed by atoms with Gasteiger partial charge in [-0.15, -0.1) is 0 Å². The molecule has 3 saturated heterocycles. The SMILES string of the molecule is CC1=CC(CNC(=O)C2CNCCN2)C(C(C)C)CC1CC(=O)N1CCN(C2CCCCN2)CC1. The highest BCUT2D eigenvalue weighted by Crippen LogP contribution is 2.39. The normalized spacial score (nSPS) is 32.9. The van der Waals surface area contributed by atoms with Gasteiger partial charge in [-0.2, -0.15) is 0 Å². The van der Waals surface area contributed by atoms with Gasteiger partial charge in [-0.1, -0.05) is 25.5 Å². The monoisotopic (exact) mass is 488 g/mol. The van der Waals surface area contributed by atoms with Crippen molar-refractivity contribution < 1.29 is 9.59 Å². The Morgan fingerprint density at radius 1 is 1.09 bits per heavy atom. The summed E-state index contributed by atoms with van der Waals surface area (Å²) in [5.74, 6) is 2.02. The maximum atomic E-state index is 13.2. The van der Waals surface area contributed by atoms with Crippen molar-refractivity contribution in [2.75, 3.05) is 58.9 Å². The highest BCUT2D eigenvalue weighted by atomic mass is 16.2. The Hall–Kier alpha value is -1.48. The molecule has 5 atom stereocenters. The van der Waals surface area contributed by atoms with Crippen molar-refractivity contribution in [2.24, 2.45) is 23.7 Å². The first kappa shape index (κ1) is 26.6. The molecule has 3 fully saturated rings. The summed E-state index contributed by atoms with van der Waals surface area (Å²) >= 11 is 0. The van der Waals surface area contributed by atoms with Crippen LogP contribution in [0, 0.1) is 23.7 Å². The molecule has 35 heavy (non-hydrogen) atoms. The predicted molar refractivity (Wildman–Crippen MR) is 140 cm³/mol. The fourth-order valence-corrected chi connectivity index (χ4v) is 6.46. The molecule has 4 aliphatic rings. The molecule has 0 bridgehead atoms. The number of hydrogen-bond donors (Lipinski definition) is 4. The first-order valence-corrected chi connectivity index (χ1v) is 14.1. The number of amides is 2. The Kier molecular flexibility index (Phi) is 9.61. The van der Waals surface area contributed by atoms with Crippen LogP contribution in [0.25, 0.3) is 0 Å². The highest BCUT2D eigenvalue weighted by Gasteiger charge is 2.35. The molecule has 5 unspecified atom stereocenters. The van der Waals surface area contributed by atoms with E-state index in [-0.39, 0.29) is 11.9 Å². The lowest BCUT2D eigenvalue weighted by Gasteiger charge is -2.42. The molecule has 0 aromatic rings. The zero-order valence-electron chi connectivity index (χ0n) is 22.2. The second-order valence-electron chi connectivity index (χ2n) is 11.5. The van der Waals surface area contributed by atoms with Crippen molar-refractivity contribution in [2.45, 2.75) is 65.1 Å². The van der Waals surface area contributed by atoms with Crippen LogP contribution < -0.4 is 21.3 Å². The van der Waals surface area contributed by atoms with Gasteiger partial charge < -0.3 is 26.2 Å². The van der Waals surface area contributed by atoms with E-state index >= 15 is 0 Å². The second kappa shape index (κ2) is 12.7. The molecule has 0 saturated carbocycles. The van der Waals surface area contributed by atoms with Crippen molar-refractivity contribution in [1.82, 2.24) is 31.1 Å². The molecule has 0 aromatic carbocycles. The zero-order valence-corrected chi connectivity index (χ0v) is 22.2. The van der Waals surface area contributed by atoms with Crippen LogP contribution in [0.15, 0.2) is 11.6 Å². The molecule has 198 valence electrons. The number of carbonyl (C=O) groups excluding carboxylic acids is 2. The van der Waals surface area contributed by atoms with E-state index in [2.05, 4.69) is 57.9 Å². The second-order valence-corrected chi connectivity index (χ2v) is 11.5. The average molecular weight is 489 g/mol. The Morgan fingerprint density at radius 2 is 1.89 bits per heavy atom.